The maximum Gasteiger partial charge on any atom is 0.202 e. The molecule has 0 fully saturated rings. The summed E-state index contributed by atoms with van der Waals surface area (Å²) in [6, 6.07) is 1.82. The first kappa shape index (κ1) is 11.1. The molecule has 0 radical (unpaired) electrons. The van der Waals surface area contributed by atoms with Crippen molar-refractivity contribution < 1.29 is 4.52 Å². The Bertz CT molecular complexity index is 444. The van der Waals surface area contributed by atoms with Crippen molar-refractivity contribution in [2.75, 3.05) is 5.32 Å². The predicted octanol–water partition coefficient (Wildman–Crippen LogP) is 2.44. The maximum atomic E-state index is 4.74. The third-order valence-electron chi connectivity index (χ3n) is 2.01. The summed E-state index contributed by atoms with van der Waals surface area (Å²) in [6.07, 6.45) is 1.55. The van der Waals surface area contributed by atoms with Gasteiger partial charge in [0.05, 0.1) is 6.54 Å². The molecule has 0 aliphatic heterocycles. The summed E-state index contributed by atoms with van der Waals surface area (Å²) >= 11 is 1.37. The summed E-state index contributed by atoms with van der Waals surface area (Å²) < 4.78 is 9.05. The summed E-state index contributed by atoms with van der Waals surface area (Å²) in [5, 5.41) is 7.78. The molecule has 0 spiro atoms. The van der Waals surface area contributed by atoms with Crippen LogP contribution in [-0.2, 0) is 12.0 Å². The largest absolute Gasteiger partial charge is 0.364 e. The van der Waals surface area contributed by atoms with Crippen LogP contribution in [0.2, 0.25) is 0 Å². The van der Waals surface area contributed by atoms with Gasteiger partial charge in [-0.25, -0.2) is 4.98 Å². The van der Waals surface area contributed by atoms with E-state index in [2.05, 4.69) is 40.6 Å². The van der Waals surface area contributed by atoms with Crippen molar-refractivity contribution >= 4 is 16.7 Å². The van der Waals surface area contributed by atoms with Crippen LogP contribution in [0.4, 0.5) is 5.13 Å². The lowest BCUT2D eigenvalue weighted by Gasteiger charge is -2.12. The van der Waals surface area contributed by atoms with E-state index < -0.39 is 0 Å². The molecule has 0 saturated heterocycles. The quantitative estimate of drug-likeness (QED) is 0.889. The summed E-state index contributed by atoms with van der Waals surface area (Å²) in [5.74, 6) is 0.861. The van der Waals surface area contributed by atoms with Gasteiger partial charge in [0.1, 0.15) is 17.8 Å². The minimum atomic E-state index is -0.00960. The minimum absolute atomic E-state index is 0.00960. The predicted molar refractivity (Wildman–Crippen MR) is 62.4 cm³/mol. The van der Waals surface area contributed by atoms with E-state index in [9.17, 15) is 0 Å². The molecule has 2 heterocycles. The van der Waals surface area contributed by atoms with Crippen LogP contribution in [0, 0.1) is 0 Å². The number of hydrogen-bond acceptors (Lipinski definition) is 6. The van der Waals surface area contributed by atoms with Crippen molar-refractivity contribution in [2.45, 2.75) is 32.7 Å². The van der Waals surface area contributed by atoms with Gasteiger partial charge in [0.15, 0.2) is 0 Å². The summed E-state index contributed by atoms with van der Waals surface area (Å²) in [7, 11) is 0. The van der Waals surface area contributed by atoms with Crippen molar-refractivity contribution in [3.8, 4) is 0 Å². The zero-order chi connectivity index (χ0) is 11.6. The SMILES string of the molecule is CC(C)(C)c1nsc(NCc2ccon2)n1. The Labute approximate surface area is 98.0 Å². The van der Waals surface area contributed by atoms with Crippen molar-refractivity contribution in [1.29, 1.82) is 0 Å². The Hall–Kier alpha value is -1.43. The highest BCUT2D eigenvalue weighted by Crippen LogP contribution is 2.23. The van der Waals surface area contributed by atoms with Crippen molar-refractivity contribution in [2.24, 2.45) is 0 Å². The minimum Gasteiger partial charge on any atom is -0.364 e. The third-order valence-corrected chi connectivity index (χ3v) is 2.68. The molecular weight excluding hydrogens is 224 g/mol. The van der Waals surface area contributed by atoms with E-state index in [4.69, 9.17) is 4.52 Å². The van der Waals surface area contributed by atoms with Crippen LogP contribution in [0.3, 0.4) is 0 Å². The number of nitrogens with one attached hydrogen (secondary N) is 1. The molecular formula is C10H14N4OS. The topological polar surface area (TPSA) is 63.8 Å². The van der Waals surface area contributed by atoms with E-state index >= 15 is 0 Å². The molecule has 1 N–H and O–H groups in total. The zero-order valence-corrected chi connectivity index (χ0v) is 10.3. The van der Waals surface area contributed by atoms with Gasteiger partial charge < -0.3 is 9.84 Å². The van der Waals surface area contributed by atoms with Crippen molar-refractivity contribution in [3.63, 3.8) is 0 Å². The number of hydrogen-bond donors (Lipinski definition) is 1. The normalized spacial score (nSPS) is 11.7. The van der Waals surface area contributed by atoms with Gasteiger partial charge >= 0.3 is 0 Å². The molecule has 2 aromatic heterocycles. The fourth-order valence-corrected chi connectivity index (χ4v) is 1.85. The summed E-state index contributed by atoms with van der Waals surface area (Å²) in [6.45, 7) is 6.89. The Morgan fingerprint density at radius 3 is 2.81 bits per heavy atom. The van der Waals surface area contributed by atoms with Crippen molar-refractivity contribution in [3.05, 3.63) is 23.8 Å². The Morgan fingerprint density at radius 1 is 1.44 bits per heavy atom. The Balaban J connectivity index is 1.98. The van der Waals surface area contributed by atoms with Crippen LogP contribution in [-0.4, -0.2) is 14.5 Å². The first-order valence-electron chi connectivity index (χ1n) is 5.03. The van der Waals surface area contributed by atoms with E-state index in [-0.39, 0.29) is 5.41 Å². The third kappa shape index (κ3) is 2.57. The van der Waals surface area contributed by atoms with E-state index in [1.54, 1.807) is 6.26 Å². The first-order valence-corrected chi connectivity index (χ1v) is 5.80. The van der Waals surface area contributed by atoms with E-state index in [0.29, 0.717) is 6.54 Å². The first-order chi connectivity index (χ1) is 7.55. The number of anilines is 1. The van der Waals surface area contributed by atoms with E-state index in [1.807, 2.05) is 6.07 Å². The molecule has 16 heavy (non-hydrogen) atoms. The van der Waals surface area contributed by atoms with Gasteiger partial charge in [0, 0.05) is 23.0 Å². The molecule has 0 bridgehead atoms. The van der Waals surface area contributed by atoms with Gasteiger partial charge in [-0.05, 0) is 0 Å². The molecule has 6 heteroatoms. The standard InChI is InChI=1S/C10H14N4OS/c1-10(2,3)8-12-9(16-14-8)11-6-7-4-5-15-13-7/h4-5H,6H2,1-3H3,(H,11,12,14). The Morgan fingerprint density at radius 2 is 2.25 bits per heavy atom. The van der Waals surface area contributed by atoms with Crippen LogP contribution in [0.5, 0.6) is 0 Å². The molecule has 0 aromatic carbocycles. The monoisotopic (exact) mass is 238 g/mol. The molecule has 0 saturated carbocycles. The molecule has 2 rings (SSSR count). The highest BCUT2D eigenvalue weighted by atomic mass is 32.1. The number of aromatic nitrogens is 3. The highest BCUT2D eigenvalue weighted by Gasteiger charge is 2.19. The molecule has 0 atom stereocenters. The molecule has 2 aromatic rings. The molecule has 86 valence electrons. The average molecular weight is 238 g/mol. The van der Waals surface area contributed by atoms with Crippen LogP contribution in [0.25, 0.3) is 0 Å². The molecule has 0 unspecified atom stereocenters. The zero-order valence-electron chi connectivity index (χ0n) is 9.52. The lowest BCUT2D eigenvalue weighted by atomic mass is 9.96. The lowest BCUT2D eigenvalue weighted by Crippen LogP contribution is -2.13. The Kier molecular flexibility index (Phi) is 2.91. The van der Waals surface area contributed by atoms with Gasteiger partial charge in [0.25, 0.3) is 0 Å². The highest BCUT2D eigenvalue weighted by molar-refractivity contribution is 7.09. The maximum absolute atomic E-state index is 4.74. The number of rotatable bonds is 3. The molecule has 0 aliphatic carbocycles. The summed E-state index contributed by atoms with van der Waals surface area (Å²) in [4.78, 5) is 4.42. The molecule has 5 nitrogen and oxygen atoms in total. The molecule has 0 aliphatic rings. The smallest absolute Gasteiger partial charge is 0.202 e. The fraction of sp³-hybridized carbons (Fsp3) is 0.500. The van der Waals surface area contributed by atoms with Crippen LogP contribution >= 0.6 is 11.5 Å². The van der Waals surface area contributed by atoms with Crippen LogP contribution in [0.15, 0.2) is 16.9 Å². The van der Waals surface area contributed by atoms with Gasteiger partial charge in [0.2, 0.25) is 5.13 Å². The van der Waals surface area contributed by atoms with Gasteiger partial charge in [-0.2, -0.15) is 4.37 Å². The van der Waals surface area contributed by atoms with Crippen molar-refractivity contribution in [1.82, 2.24) is 14.5 Å². The average Bonchev–Trinajstić information content (AvgIpc) is 2.85. The van der Waals surface area contributed by atoms with Gasteiger partial charge in [-0.1, -0.05) is 25.9 Å². The second-order valence-corrected chi connectivity index (χ2v) is 5.27. The molecule has 0 amide bonds. The summed E-state index contributed by atoms with van der Waals surface area (Å²) in [5.41, 5.74) is 0.845. The van der Waals surface area contributed by atoms with Crippen LogP contribution in [0.1, 0.15) is 32.3 Å². The van der Waals surface area contributed by atoms with Gasteiger partial charge in [-0.15, -0.1) is 0 Å². The van der Waals surface area contributed by atoms with Gasteiger partial charge in [-0.3, -0.25) is 0 Å². The van der Waals surface area contributed by atoms with E-state index in [0.717, 1.165) is 16.6 Å². The second kappa shape index (κ2) is 4.21. The lowest BCUT2D eigenvalue weighted by molar-refractivity contribution is 0.412. The fourth-order valence-electron chi connectivity index (χ4n) is 1.09. The van der Waals surface area contributed by atoms with Crippen LogP contribution < -0.4 is 5.32 Å². The second-order valence-electron chi connectivity index (χ2n) is 4.52. The number of nitrogens with zero attached hydrogens (tertiary/aromatic N) is 3. The van der Waals surface area contributed by atoms with E-state index in [1.165, 1.54) is 11.5 Å².